The number of halogens is 2. The molecule has 1 rings (SSSR count). The average molecular weight is 335 g/mol. The number of benzene rings is 1. The Kier molecular flexibility index (Phi) is 5.87. The van der Waals surface area contributed by atoms with E-state index in [0.717, 1.165) is 15.4 Å². The molecule has 1 aromatic rings. The van der Waals surface area contributed by atoms with Crippen LogP contribution in [0.25, 0.3) is 0 Å². The van der Waals surface area contributed by atoms with E-state index in [1.54, 1.807) is 0 Å². The van der Waals surface area contributed by atoms with Crippen molar-refractivity contribution in [2.75, 3.05) is 0 Å². The summed E-state index contributed by atoms with van der Waals surface area (Å²) in [6.07, 6.45) is 4.79. The Morgan fingerprint density at radius 1 is 1.13 bits per heavy atom. The van der Waals surface area contributed by atoms with E-state index >= 15 is 0 Å². The second kappa shape index (κ2) is 6.66. The Bertz CT molecular complexity index is 292. The number of unbranched alkanes of at least 4 members (excludes halogenated alkanes) is 2. The van der Waals surface area contributed by atoms with Gasteiger partial charge in [-0.1, -0.05) is 58.0 Å². The lowest BCUT2D eigenvalue weighted by Crippen LogP contribution is -2.10. The molecule has 0 saturated carbocycles. The van der Waals surface area contributed by atoms with Gasteiger partial charge < -0.3 is 5.73 Å². The highest BCUT2D eigenvalue weighted by Crippen LogP contribution is 2.25. The molecule has 0 spiro atoms. The van der Waals surface area contributed by atoms with Crippen LogP contribution in [-0.2, 0) is 0 Å². The van der Waals surface area contributed by atoms with Crippen molar-refractivity contribution < 1.29 is 0 Å². The highest BCUT2D eigenvalue weighted by Gasteiger charge is 2.07. The Balaban J connectivity index is 2.60. The highest BCUT2D eigenvalue weighted by molar-refractivity contribution is 9.11. The van der Waals surface area contributed by atoms with Gasteiger partial charge in [-0.3, -0.25) is 0 Å². The molecule has 1 nitrogen and oxygen atoms in total. The zero-order chi connectivity index (χ0) is 11.3. The summed E-state index contributed by atoms with van der Waals surface area (Å²) < 4.78 is 2.16. The van der Waals surface area contributed by atoms with Crippen LogP contribution >= 0.6 is 31.9 Å². The molecule has 0 heterocycles. The van der Waals surface area contributed by atoms with E-state index in [9.17, 15) is 0 Å². The minimum absolute atomic E-state index is 0.158. The summed E-state index contributed by atoms with van der Waals surface area (Å²) >= 11 is 6.96. The summed E-state index contributed by atoms with van der Waals surface area (Å²) in [4.78, 5) is 0. The van der Waals surface area contributed by atoms with Crippen LogP contribution < -0.4 is 5.73 Å². The van der Waals surface area contributed by atoms with Crippen LogP contribution in [-0.4, -0.2) is 0 Å². The summed E-state index contributed by atoms with van der Waals surface area (Å²) in [6, 6.07) is 6.38. The van der Waals surface area contributed by atoms with Gasteiger partial charge in [-0.2, -0.15) is 0 Å². The monoisotopic (exact) mass is 333 g/mol. The van der Waals surface area contributed by atoms with Crippen molar-refractivity contribution in [2.24, 2.45) is 5.73 Å². The number of nitrogens with two attached hydrogens (primary N) is 1. The maximum atomic E-state index is 6.13. The minimum Gasteiger partial charge on any atom is -0.324 e. The molecule has 0 saturated heterocycles. The lowest BCUT2D eigenvalue weighted by Gasteiger charge is -2.12. The topological polar surface area (TPSA) is 26.0 Å². The predicted octanol–water partition coefficient (Wildman–Crippen LogP) is 4.79. The molecule has 1 aromatic carbocycles. The molecular formula is C12H17Br2N. The van der Waals surface area contributed by atoms with E-state index in [4.69, 9.17) is 5.73 Å². The Labute approximate surface area is 109 Å². The molecule has 0 aliphatic rings. The van der Waals surface area contributed by atoms with Crippen molar-refractivity contribution in [2.45, 2.75) is 38.6 Å². The fourth-order valence-electron chi connectivity index (χ4n) is 1.57. The largest absolute Gasteiger partial charge is 0.324 e. The highest BCUT2D eigenvalue weighted by atomic mass is 79.9. The van der Waals surface area contributed by atoms with Gasteiger partial charge in [-0.15, -0.1) is 0 Å². The molecule has 0 aliphatic carbocycles. The van der Waals surface area contributed by atoms with Gasteiger partial charge in [-0.05, 0) is 30.2 Å². The van der Waals surface area contributed by atoms with Gasteiger partial charge in [0.2, 0.25) is 0 Å². The van der Waals surface area contributed by atoms with Crippen molar-refractivity contribution in [3.8, 4) is 0 Å². The first kappa shape index (κ1) is 13.2. The fraction of sp³-hybridized carbons (Fsp3) is 0.500. The van der Waals surface area contributed by atoms with E-state index in [0.29, 0.717) is 0 Å². The first-order valence-corrected chi connectivity index (χ1v) is 6.93. The number of hydrogen-bond donors (Lipinski definition) is 1. The predicted molar refractivity (Wildman–Crippen MR) is 72.9 cm³/mol. The van der Waals surface area contributed by atoms with Gasteiger partial charge in [0.25, 0.3) is 0 Å². The van der Waals surface area contributed by atoms with E-state index < -0.39 is 0 Å². The van der Waals surface area contributed by atoms with Gasteiger partial charge in [-0.25, -0.2) is 0 Å². The first-order valence-electron chi connectivity index (χ1n) is 5.35. The van der Waals surface area contributed by atoms with Gasteiger partial charge in [0.1, 0.15) is 0 Å². The second-order valence-electron chi connectivity index (χ2n) is 3.81. The Morgan fingerprint density at radius 2 is 1.73 bits per heavy atom. The quantitative estimate of drug-likeness (QED) is 0.769. The molecular weight excluding hydrogens is 318 g/mol. The van der Waals surface area contributed by atoms with Crippen LogP contribution in [0.4, 0.5) is 0 Å². The normalized spacial score (nSPS) is 12.8. The summed E-state index contributed by atoms with van der Waals surface area (Å²) in [5.74, 6) is 0. The smallest absolute Gasteiger partial charge is 0.0295 e. The molecule has 2 N–H and O–H groups in total. The van der Waals surface area contributed by atoms with Crippen molar-refractivity contribution in [1.29, 1.82) is 0 Å². The molecule has 3 heteroatoms. The molecule has 0 fully saturated rings. The van der Waals surface area contributed by atoms with E-state index in [1.807, 2.05) is 6.07 Å². The standard InChI is InChI=1S/C12H17Br2N/c1-2-3-4-5-12(15)9-6-10(13)8-11(14)7-9/h6-8,12H,2-5,15H2,1H3/t12-/m1/s1. The third kappa shape index (κ3) is 4.66. The van der Waals surface area contributed by atoms with Gasteiger partial charge in [0.15, 0.2) is 0 Å². The number of hydrogen-bond acceptors (Lipinski definition) is 1. The maximum Gasteiger partial charge on any atom is 0.0295 e. The van der Waals surface area contributed by atoms with Gasteiger partial charge in [0, 0.05) is 15.0 Å². The van der Waals surface area contributed by atoms with Crippen LogP contribution in [0.3, 0.4) is 0 Å². The molecule has 1 atom stereocenters. The molecule has 84 valence electrons. The van der Waals surface area contributed by atoms with Gasteiger partial charge in [0.05, 0.1) is 0 Å². The van der Waals surface area contributed by atoms with Crippen LogP contribution in [0.1, 0.15) is 44.2 Å². The summed E-state index contributed by atoms with van der Waals surface area (Å²) in [5.41, 5.74) is 7.33. The Hall–Kier alpha value is 0.140. The van der Waals surface area contributed by atoms with E-state index in [-0.39, 0.29) is 6.04 Å². The SMILES string of the molecule is CCCCC[C@@H](N)c1cc(Br)cc(Br)c1. The van der Waals surface area contributed by atoms with Crippen molar-refractivity contribution in [1.82, 2.24) is 0 Å². The molecule has 0 radical (unpaired) electrons. The molecule has 15 heavy (non-hydrogen) atoms. The summed E-state index contributed by atoms with van der Waals surface area (Å²) in [5, 5.41) is 0. The van der Waals surface area contributed by atoms with Crippen LogP contribution in [0.5, 0.6) is 0 Å². The maximum absolute atomic E-state index is 6.13. The first-order chi connectivity index (χ1) is 7.13. The third-order valence-electron chi connectivity index (χ3n) is 2.43. The van der Waals surface area contributed by atoms with Gasteiger partial charge >= 0.3 is 0 Å². The van der Waals surface area contributed by atoms with E-state index in [2.05, 4.69) is 50.9 Å². The van der Waals surface area contributed by atoms with Crippen LogP contribution in [0, 0.1) is 0 Å². The zero-order valence-corrected chi connectivity index (χ0v) is 12.1. The average Bonchev–Trinajstić information content (AvgIpc) is 2.16. The molecule has 0 unspecified atom stereocenters. The van der Waals surface area contributed by atoms with Crippen molar-refractivity contribution >= 4 is 31.9 Å². The molecule has 0 aliphatic heterocycles. The van der Waals surface area contributed by atoms with Crippen molar-refractivity contribution in [3.05, 3.63) is 32.7 Å². The van der Waals surface area contributed by atoms with E-state index in [1.165, 1.54) is 24.8 Å². The van der Waals surface area contributed by atoms with Crippen LogP contribution in [0.15, 0.2) is 27.1 Å². The minimum atomic E-state index is 0.158. The molecule has 0 bridgehead atoms. The fourth-order valence-corrected chi connectivity index (χ4v) is 2.90. The van der Waals surface area contributed by atoms with Crippen LogP contribution in [0.2, 0.25) is 0 Å². The summed E-state index contributed by atoms with van der Waals surface area (Å²) in [6.45, 7) is 2.21. The lowest BCUT2D eigenvalue weighted by atomic mass is 10.0. The summed E-state index contributed by atoms with van der Waals surface area (Å²) in [7, 11) is 0. The molecule has 0 aromatic heterocycles. The lowest BCUT2D eigenvalue weighted by molar-refractivity contribution is 0.581. The Morgan fingerprint density at radius 3 is 2.27 bits per heavy atom. The second-order valence-corrected chi connectivity index (χ2v) is 5.64. The third-order valence-corrected chi connectivity index (χ3v) is 3.35. The zero-order valence-electron chi connectivity index (χ0n) is 8.97. The number of rotatable bonds is 5. The van der Waals surface area contributed by atoms with Crippen molar-refractivity contribution in [3.63, 3.8) is 0 Å². The molecule has 0 amide bonds.